The van der Waals surface area contributed by atoms with Gasteiger partial charge in [0.1, 0.15) is 5.41 Å². The predicted octanol–water partition coefficient (Wildman–Crippen LogP) is -0.0813. The fourth-order valence-corrected chi connectivity index (χ4v) is 3.41. The van der Waals surface area contributed by atoms with Gasteiger partial charge in [-0.25, -0.2) is 0 Å². The van der Waals surface area contributed by atoms with Gasteiger partial charge in [0.15, 0.2) is 0 Å². The summed E-state index contributed by atoms with van der Waals surface area (Å²) < 4.78 is 0. The van der Waals surface area contributed by atoms with Crippen LogP contribution < -0.4 is 5.32 Å². The maximum Gasteiger partial charge on any atom is 0.315 e. The predicted molar refractivity (Wildman–Crippen MR) is 54.4 cm³/mol. The number of aliphatic carboxylic acids is 1. The van der Waals surface area contributed by atoms with Crippen molar-refractivity contribution in [1.82, 2.24) is 5.32 Å². The molecule has 2 fully saturated rings. The van der Waals surface area contributed by atoms with Crippen LogP contribution in [0.25, 0.3) is 0 Å². The fourth-order valence-electron chi connectivity index (χ4n) is 2.24. The molecule has 3 N–H and O–H groups in total. The minimum atomic E-state index is -0.991. The molecule has 2 saturated heterocycles. The van der Waals surface area contributed by atoms with E-state index in [0.29, 0.717) is 25.9 Å². The van der Waals surface area contributed by atoms with Crippen LogP contribution in [0.5, 0.6) is 0 Å². The van der Waals surface area contributed by atoms with E-state index in [4.69, 9.17) is 0 Å². The van der Waals surface area contributed by atoms with Gasteiger partial charge in [-0.2, -0.15) is 11.8 Å². The van der Waals surface area contributed by atoms with Crippen molar-refractivity contribution in [2.75, 3.05) is 24.6 Å². The van der Waals surface area contributed by atoms with Gasteiger partial charge in [-0.15, -0.1) is 0 Å². The van der Waals surface area contributed by atoms with Gasteiger partial charge in [0.05, 0.1) is 5.60 Å². The average molecular weight is 217 g/mol. The summed E-state index contributed by atoms with van der Waals surface area (Å²) in [7, 11) is 0. The van der Waals surface area contributed by atoms with Gasteiger partial charge in [-0.05, 0) is 24.3 Å². The van der Waals surface area contributed by atoms with Crippen molar-refractivity contribution in [2.45, 2.75) is 18.4 Å². The van der Waals surface area contributed by atoms with E-state index in [1.54, 1.807) is 11.8 Å². The summed E-state index contributed by atoms with van der Waals surface area (Å²) >= 11 is 1.79. The lowest BCUT2D eigenvalue weighted by atomic mass is 9.64. The lowest BCUT2D eigenvalue weighted by Crippen LogP contribution is -2.70. The highest BCUT2D eigenvalue weighted by molar-refractivity contribution is 7.99. The number of nitrogens with one attached hydrogen (secondary N) is 1. The Kier molecular flexibility index (Phi) is 2.49. The van der Waals surface area contributed by atoms with E-state index in [-0.39, 0.29) is 0 Å². The van der Waals surface area contributed by atoms with Crippen LogP contribution >= 0.6 is 11.8 Å². The Morgan fingerprint density at radius 2 is 1.86 bits per heavy atom. The summed E-state index contributed by atoms with van der Waals surface area (Å²) in [5.41, 5.74) is -1.91. The monoisotopic (exact) mass is 217 g/mol. The van der Waals surface area contributed by atoms with Crippen molar-refractivity contribution < 1.29 is 15.0 Å². The highest BCUT2D eigenvalue weighted by atomic mass is 32.2. The zero-order valence-electron chi connectivity index (χ0n) is 7.95. The molecule has 0 bridgehead atoms. The van der Waals surface area contributed by atoms with Gasteiger partial charge in [-0.3, -0.25) is 4.79 Å². The summed E-state index contributed by atoms with van der Waals surface area (Å²) in [6.45, 7) is 0.812. The highest BCUT2D eigenvalue weighted by Crippen LogP contribution is 2.44. The van der Waals surface area contributed by atoms with Crippen LogP contribution in [0.4, 0.5) is 0 Å². The Bertz CT molecular complexity index is 246. The third-order valence-corrected chi connectivity index (χ3v) is 4.46. The molecule has 2 aliphatic heterocycles. The molecule has 0 radical (unpaired) electrons. The zero-order valence-corrected chi connectivity index (χ0v) is 8.77. The summed E-state index contributed by atoms with van der Waals surface area (Å²) in [6.07, 6.45) is 1.21. The van der Waals surface area contributed by atoms with Crippen molar-refractivity contribution >= 4 is 17.7 Å². The molecule has 2 heterocycles. The van der Waals surface area contributed by atoms with Gasteiger partial charge in [0.25, 0.3) is 0 Å². The van der Waals surface area contributed by atoms with Gasteiger partial charge in [0, 0.05) is 13.1 Å². The number of hydrogen-bond acceptors (Lipinski definition) is 4. The Labute approximate surface area is 87.1 Å². The third kappa shape index (κ3) is 1.26. The standard InChI is InChI=1S/C9H15NO3S/c11-7(12)8(5-10-6-8)9(13)1-3-14-4-2-9/h10,13H,1-6H2,(H,11,12). The molecule has 4 nitrogen and oxygen atoms in total. The molecule has 0 unspecified atom stereocenters. The van der Waals surface area contributed by atoms with Crippen molar-refractivity contribution in [2.24, 2.45) is 5.41 Å². The molecule has 0 spiro atoms. The molecular formula is C9H15NO3S. The maximum absolute atomic E-state index is 11.2. The summed E-state index contributed by atoms with van der Waals surface area (Å²) in [6, 6.07) is 0. The smallest absolute Gasteiger partial charge is 0.315 e. The summed E-state index contributed by atoms with van der Waals surface area (Å²) in [5.74, 6) is 0.877. The Hall–Kier alpha value is -0.260. The van der Waals surface area contributed by atoms with Gasteiger partial charge >= 0.3 is 5.97 Å². The highest BCUT2D eigenvalue weighted by Gasteiger charge is 2.59. The van der Waals surface area contributed by atoms with E-state index >= 15 is 0 Å². The topological polar surface area (TPSA) is 69.6 Å². The van der Waals surface area contributed by atoms with E-state index in [1.807, 2.05) is 0 Å². The zero-order chi connectivity index (χ0) is 10.2. The SMILES string of the molecule is O=C(O)C1(C2(O)CCSCC2)CNC1. The van der Waals surface area contributed by atoms with Crippen molar-refractivity contribution in [3.63, 3.8) is 0 Å². The van der Waals surface area contributed by atoms with Crippen molar-refractivity contribution in [1.29, 1.82) is 0 Å². The number of carboxylic acids is 1. The summed E-state index contributed by atoms with van der Waals surface area (Å²) in [4.78, 5) is 11.2. The van der Waals surface area contributed by atoms with Crippen LogP contribution in [0, 0.1) is 5.41 Å². The molecule has 2 rings (SSSR count). The minimum Gasteiger partial charge on any atom is -0.481 e. The van der Waals surface area contributed by atoms with Crippen LogP contribution in [0.3, 0.4) is 0 Å². The first-order chi connectivity index (χ1) is 6.61. The number of aliphatic hydroxyl groups is 1. The van der Waals surface area contributed by atoms with E-state index in [2.05, 4.69) is 5.32 Å². The first-order valence-electron chi connectivity index (χ1n) is 4.85. The third-order valence-electron chi connectivity index (χ3n) is 3.47. The maximum atomic E-state index is 11.2. The largest absolute Gasteiger partial charge is 0.481 e. The average Bonchev–Trinajstić information content (AvgIpc) is 2.01. The Balaban J connectivity index is 2.21. The van der Waals surface area contributed by atoms with Gasteiger partial charge < -0.3 is 15.5 Å². The molecule has 0 aromatic rings. The van der Waals surface area contributed by atoms with Gasteiger partial charge in [0.2, 0.25) is 0 Å². The second-order valence-electron chi connectivity index (χ2n) is 4.13. The van der Waals surface area contributed by atoms with Gasteiger partial charge in [-0.1, -0.05) is 0 Å². The molecule has 14 heavy (non-hydrogen) atoms. The fraction of sp³-hybridized carbons (Fsp3) is 0.889. The molecule has 2 aliphatic rings. The molecule has 5 heteroatoms. The van der Waals surface area contributed by atoms with Crippen LogP contribution in [0.2, 0.25) is 0 Å². The van der Waals surface area contributed by atoms with E-state index in [1.165, 1.54) is 0 Å². The van der Waals surface area contributed by atoms with Crippen molar-refractivity contribution in [3.8, 4) is 0 Å². The first kappa shape index (κ1) is 10.3. The number of rotatable bonds is 2. The Morgan fingerprint density at radius 1 is 1.29 bits per heavy atom. The molecule has 80 valence electrons. The molecule has 0 atom stereocenters. The number of thioether (sulfide) groups is 1. The molecular weight excluding hydrogens is 202 g/mol. The lowest BCUT2D eigenvalue weighted by Gasteiger charge is -2.51. The number of hydrogen-bond donors (Lipinski definition) is 3. The molecule has 0 amide bonds. The second-order valence-corrected chi connectivity index (χ2v) is 5.36. The van der Waals surface area contributed by atoms with Crippen LogP contribution in [0.15, 0.2) is 0 Å². The normalized spacial score (nSPS) is 29.2. The number of carboxylic acid groups (broad SMARTS) is 1. The van der Waals surface area contributed by atoms with Crippen LogP contribution in [0.1, 0.15) is 12.8 Å². The molecule has 0 aromatic carbocycles. The molecule has 0 aromatic heterocycles. The first-order valence-corrected chi connectivity index (χ1v) is 6.00. The second kappa shape index (κ2) is 3.40. The quantitative estimate of drug-likeness (QED) is 0.603. The van der Waals surface area contributed by atoms with Crippen LogP contribution in [-0.4, -0.2) is 46.4 Å². The van der Waals surface area contributed by atoms with E-state index < -0.39 is 17.0 Å². The lowest BCUT2D eigenvalue weighted by molar-refractivity contribution is -0.179. The molecule has 0 aliphatic carbocycles. The van der Waals surface area contributed by atoms with E-state index in [0.717, 1.165) is 11.5 Å². The van der Waals surface area contributed by atoms with E-state index in [9.17, 15) is 15.0 Å². The summed E-state index contributed by atoms with van der Waals surface area (Å²) in [5, 5.41) is 22.5. The minimum absolute atomic E-state index is 0.406. The Morgan fingerprint density at radius 3 is 2.21 bits per heavy atom. The van der Waals surface area contributed by atoms with Crippen LogP contribution in [-0.2, 0) is 4.79 Å². The molecule has 0 saturated carbocycles. The van der Waals surface area contributed by atoms with Crippen molar-refractivity contribution in [3.05, 3.63) is 0 Å². The number of carbonyl (C=O) groups is 1.